The smallest absolute Gasteiger partial charge is 0.166 e. The Kier molecular flexibility index (Phi) is 19.9. The summed E-state index contributed by atoms with van der Waals surface area (Å²) in [6, 6.07) is 164. The van der Waals surface area contributed by atoms with Crippen LogP contribution in [0, 0.1) is 0 Å². The van der Waals surface area contributed by atoms with Gasteiger partial charge in [0.05, 0.1) is 51.3 Å². The van der Waals surface area contributed by atoms with Gasteiger partial charge in [-0.05, 0) is 168 Å². The molecule has 0 amide bonds. The van der Waals surface area contributed by atoms with E-state index in [2.05, 4.69) is 335 Å². The third kappa shape index (κ3) is 15.8. The highest BCUT2D eigenvalue weighted by atomic mass is 15.1. The Balaban J connectivity index is 0.000000113. The average Bonchev–Trinajstić information content (AvgIpc) is 1.59. The van der Waals surface area contributed by atoms with Gasteiger partial charge in [-0.2, -0.15) is 0 Å². The fraction of sp³-hybridized carbons (Fsp3) is 0. The van der Waals surface area contributed by atoms with Crippen molar-refractivity contribution in [1.29, 1.82) is 0 Å². The van der Waals surface area contributed by atoms with E-state index in [1.165, 1.54) is 49.1 Å². The molecule has 0 unspecified atom stereocenters. The van der Waals surface area contributed by atoms with Crippen LogP contribution in [0.15, 0.2) is 509 Å². The highest BCUT2D eigenvalue weighted by Crippen LogP contribution is 2.45. The quantitative estimate of drug-likeness (QED) is 0.104. The molecule has 0 spiro atoms. The first-order valence-electron chi connectivity index (χ1n) is 50.2. The van der Waals surface area contributed by atoms with Crippen molar-refractivity contribution in [1.82, 2.24) is 58.6 Å². The molecule has 0 saturated carbocycles. The molecule has 0 aliphatic rings. The summed E-state index contributed by atoms with van der Waals surface area (Å²) in [5.41, 5.74) is 21.5. The van der Waals surface area contributed by atoms with Gasteiger partial charge < -0.3 is 13.7 Å². The van der Waals surface area contributed by atoms with Gasteiger partial charge in [-0.25, -0.2) is 44.9 Å². The topological polar surface area (TPSA) is 131 Å². The molecule has 12 nitrogen and oxygen atoms in total. The van der Waals surface area contributed by atoms with Crippen molar-refractivity contribution >= 4 is 119 Å². The van der Waals surface area contributed by atoms with E-state index in [1.807, 2.05) is 158 Å². The first kappa shape index (κ1) is 78.7. The Bertz CT molecular complexity index is 10000. The molecule has 0 N–H and O–H groups in total. The van der Waals surface area contributed by atoms with Gasteiger partial charge in [0, 0.05) is 93.5 Å². The van der Waals surface area contributed by atoms with Crippen LogP contribution in [0.5, 0.6) is 0 Å². The lowest BCUT2D eigenvalue weighted by Crippen LogP contribution is -2.04. The van der Waals surface area contributed by atoms with Crippen LogP contribution in [0.4, 0.5) is 0 Å². The lowest BCUT2D eigenvalue weighted by molar-refractivity contribution is 1.07. The standard InChI is InChI=1S/C47H30N4.C43H28N4.C41H26N4/c1-3-13-31(14-4-1)35-25-26-43-41(29-35)40-21-11-12-22-42(40)51(43)44-30-38(28-36-19-9-10-20-39(36)44)47-49-45(33-16-5-2-6-17-33)48-46(50-47)37-24-23-32-15-7-8-18-34(32)27-37;1-4-15-29(16-5-1)34-24-14-26-38-40(34)35-23-12-13-25-37(35)47(38)39-28-33-22-11-10-21-32(33)27-36(39)43-45-41(30-17-6-2-7-18-30)44-42(46-43)31-19-8-3-9-20-31;1-2-11-28(12-3-1)39-42-40(32-20-18-27-10-4-5-13-29(27)24-32)44-41(43-39)33-21-19-31-26-34(23-22-30(31)25-33)45-37-16-8-6-14-35(37)36-15-7-9-17-38(36)45/h1-30H;1-28H;1-26H/i2D,5D,6D,16D,17D;;. The zero-order valence-corrected chi connectivity index (χ0v) is 77.0. The lowest BCUT2D eigenvalue weighted by Gasteiger charge is -2.16. The van der Waals surface area contributed by atoms with Crippen LogP contribution in [0.1, 0.15) is 6.85 Å². The Morgan fingerprint density at radius 3 is 1.01 bits per heavy atom. The Morgan fingerprint density at radius 2 is 0.490 bits per heavy atom. The number of rotatable bonds is 14. The molecule has 0 fully saturated rings. The van der Waals surface area contributed by atoms with Crippen LogP contribution in [0.3, 0.4) is 0 Å². The van der Waals surface area contributed by atoms with Crippen LogP contribution >= 0.6 is 0 Å². The third-order valence-electron chi connectivity index (χ3n) is 26.9. The van der Waals surface area contributed by atoms with Crippen molar-refractivity contribution in [2.24, 2.45) is 0 Å². The average molecular weight is 1830 g/mol. The summed E-state index contributed by atoms with van der Waals surface area (Å²) in [5.74, 6) is 4.51. The normalized spacial score (nSPS) is 12.0. The Morgan fingerprint density at radius 1 is 0.154 bits per heavy atom. The summed E-state index contributed by atoms with van der Waals surface area (Å²) < 4.78 is 49.7. The molecule has 22 aromatic carbocycles. The third-order valence-corrected chi connectivity index (χ3v) is 26.9. The first-order valence-corrected chi connectivity index (χ1v) is 47.7. The van der Waals surface area contributed by atoms with Crippen LogP contribution < -0.4 is 0 Å². The van der Waals surface area contributed by atoms with Crippen molar-refractivity contribution in [2.45, 2.75) is 0 Å². The van der Waals surface area contributed by atoms with E-state index in [0.717, 1.165) is 143 Å². The van der Waals surface area contributed by atoms with Gasteiger partial charge in [0.15, 0.2) is 52.4 Å². The van der Waals surface area contributed by atoms with Crippen molar-refractivity contribution in [2.75, 3.05) is 0 Å². The summed E-state index contributed by atoms with van der Waals surface area (Å²) in [5, 5.41) is 18.1. The number of para-hydroxylation sites is 4. The van der Waals surface area contributed by atoms with E-state index in [1.54, 1.807) is 0 Å². The molecule has 28 rings (SSSR count). The van der Waals surface area contributed by atoms with Crippen LogP contribution in [-0.2, 0) is 0 Å². The fourth-order valence-corrected chi connectivity index (χ4v) is 20.1. The molecular weight excluding hydrogens is 1740 g/mol. The predicted molar refractivity (Wildman–Crippen MR) is 590 cm³/mol. The molecule has 0 aliphatic heterocycles. The predicted octanol–water partition coefficient (Wildman–Crippen LogP) is 33.0. The lowest BCUT2D eigenvalue weighted by atomic mass is 9.99. The van der Waals surface area contributed by atoms with Crippen molar-refractivity contribution in [3.63, 3.8) is 0 Å². The van der Waals surface area contributed by atoms with E-state index in [-0.39, 0.29) is 23.5 Å². The monoisotopic (exact) mass is 1830 g/mol. The minimum absolute atomic E-state index is 0.00447. The van der Waals surface area contributed by atoms with Crippen molar-refractivity contribution in [3.8, 4) is 142 Å². The maximum absolute atomic E-state index is 8.81. The molecule has 143 heavy (non-hydrogen) atoms. The van der Waals surface area contributed by atoms with Gasteiger partial charge in [0.25, 0.3) is 0 Å². The summed E-state index contributed by atoms with van der Waals surface area (Å²) >= 11 is 0. The van der Waals surface area contributed by atoms with Gasteiger partial charge in [0.1, 0.15) is 0 Å². The zero-order chi connectivity index (χ0) is 99.0. The van der Waals surface area contributed by atoms with Crippen molar-refractivity contribution in [3.05, 3.63) is 509 Å². The first-order chi connectivity index (χ1) is 72.9. The van der Waals surface area contributed by atoms with Gasteiger partial charge in [0.2, 0.25) is 0 Å². The number of hydrogen-bond donors (Lipinski definition) is 0. The minimum Gasteiger partial charge on any atom is -0.309 e. The molecular formula is C131H84N12. The molecule has 0 atom stereocenters. The zero-order valence-electron chi connectivity index (χ0n) is 82.0. The Labute approximate surface area is 830 Å². The number of fused-ring (bicyclic) bond motifs is 14. The second-order valence-electron chi connectivity index (χ2n) is 35.6. The second kappa shape index (κ2) is 36.2. The van der Waals surface area contributed by atoms with Gasteiger partial charge in [-0.1, -0.05) is 412 Å². The number of nitrogens with zero attached hydrogens (tertiary/aromatic N) is 12. The molecule has 0 bridgehead atoms. The van der Waals surface area contributed by atoms with E-state index < -0.39 is 18.1 Å². The molecule has 6 aromatic heterocycles. The molecule has 12 heteroatoms. The van der Waals surface area contributed by atoms with Gasteiger partial charge in [-0.3, -0.25) is 0 Å². The number of benzene rings is 22. The van der Waals surface area contributed by atoms with E-state index in [9.17, 15) is 0 Å². The summed E-state index contributed by atoms with van der Waals surface area (Å²) in [7, 11) is 0. The van der Waals surface area contributed by atoms with Gasteiger partial charge in [-0.15, -0.1) is 0 Å². The molecule has 0 saturated heterocycles. The molecule has 0 aliphatic carbocycles. The van der Waals surface area contributed by atoms with Crippen molar-refractivity contribution < 1.29 is 6.85 Å². The maximum atomic E-state index is 8.81. The largest absolute Gasteiger partial charge is 0.309 e. The molecule has 28 aromatic rings. The fourth-order valence-electron chi connectivity index (χ4n) is 20.1. The second-order valence-corrected chi connectivity index (χ2v) is 35.6. The molecule has 668 valence electrons. The van der Waals surface area contributed by atoms with Crippen LogP contribution in [0.2, 0.25) is 0 Å². The molecule has 6 heterocycles. The summed E-state index contributed by atoms with van der Waals surface area (Å²) in [6.07, 6.45) is 0. The highest BCUT2D eigenvalue weighted by Gasteiger charge is 2.26. The summed E-state index contributed by atoms with van der Waals surface area (Å²) in [6.45, 7) is 0. The maximum Gasteiger partial charge on any atom is 0.166 e. The van der Waals surface area contributed by atoms with Crippen LogP contribution in [0.25, 0.3) is 261 Å². The highest BCUT2D eigenvalue weighted by molar-refractivity contribution is 6.17. The van der Waals surface area contributed by atoms with Crippen LogP contribution in [-0.4, -0.2) is 58.6 Å². The number of hydrogen-bond acceptors (Lipinski definition) is 9. The van der Waals surface area contributed by atoms with E-state index >= 15 is 0 Å². The number of aromatic nitrogens is 12. The van der Waals surface area contributed by atoms with E-state index in [0.29, 0.717) is 57.7 Å². The van der Waals surface area contributed by atoms with E-state index in [4.69, 9.17) is 51.7 Å². The summed E-state index contributed by atoms with van der Waals surface area (Å²) in [4.78, 5) is 44.9. The SMILES string of the molecule is [2H]c1c([2H])c([2H])c(-c2nc(-c3ccc4ccccc4c3)nc(-c3cc(-n4c5ccccc5c5cc(-c6ccccc6)ccc54)c4ccccc4c3)n2)c([2H])c1[2H].c1ccc(-c2nc(-c3ccc4ccccc4c3)nc(-c3ccc4cc(-n5c6ccccc6c6ccccc65)ccc4c3)n2)cc1.c1ccc(-c2nc(-c3ccccc3)nc(-c3cc4ccccc4cc3-n3c4ccccc4c4c(-c5ccccc5)cccc43)n2)cc1. The molecule has 0 radical (unpaired) electrons. The Hall–Kier alpha value is -19.4. The minimum atomic E-state index is -0.478. The van der Waals surface area contributed by atoms with Gasteiger partial charge >= 0.3 is 0 Å².